The molecule has 0 amide bonds. The Hall–Kier alpha value is -1.63. The lowest BCUT2D eigenvalue weighted by Gasteiger charge is -2.13. The standard InChI is InChI=1S/C11H14N4/c1-8-2-3-9(6-8)15-11-10(7-12)13-4-5-14-11/h4-5,8-9H,2-3,6H2,1H3,(H,14,15). The molecule has 1 fully saturated rings. The number of nitrogens with zero attached hydrogens (tertiary/aromatic N) is 3. The fourth-order valence-corrected chi connectivity index (χ4v) is 2.06. The first-order valence-corrected chi connectivity index (χ1v) is 5.27. The van der Waals surface area contributed by atoms with Gasteiger partial charge in [0.15, 0.2) is 11.5 Å². The lowest BCUT2D eigenvalue weighted by Crippen LogP contribution is -2.17. The molecular weight excluding hydrogens is 188 g/mol. The predicted molar refractivity (Wildman–Crippen MR) is 57.2 cm³/mol. The molecule has 1 saturated carbocycles. The molecule has 0 radical (unpaired) electrons. The fraction of sp³-hybridized carbons (Fsp3) is 0.545. The van der Waals surface area contributed by atoms with E-state index in [0.29, 0.717) is 17.6 Å². The zero-order valence-electron chi connectivity index (χ0n) is 8.77. The highest BCUT2D eigenvalue weighted by molar-refractivity contribution is 5.47. The van der Waals surface area contributed by atoms with E-state index in [2.05, 4.69) is 22.2 Å². The van der Waals surface area contributed by atoms with Gasteiger partial charge in [-0.2, -0.15) is 5.26 Å². The van der Waals surface area contributed by atoms with Crippen LogP contribution in [0.5, 0.6) is 0 Å². The zero-order valence-corrected chi connectivity index (χ0v) is 8.77. The van der Waals surface area contributed by atoms with Crippen molar-refractivity contribution in [1.82, 2.24) is 9.97 Å². The highest BCUT2D eigenvalue weighted by Crippen LogP contribution is 2.27. The van der Waals surface area contributed by atoms with E-state index in [0.717, 1.165) is 18.8 Å². The molecule has 0 spiro atoms. The molecule has 2 unspecified atom stereocenters. The van der Waals surface area contributed by atoms with Crippen molar-refractivity contribution in [3.63, 3.8) is 0 Å². The average Bonchev–Trinajstić information content (AvgIpc) is 2.65. The minimum atomic E-state index is 0.386. The number of rotatable bonds is 2. The molecule has 1 N–H and O–H groups in total. The van der Waals surface area contributed by atoms with Crippen molar-refractivity contribution in [2.45, 2.75) is 32.2 Å². The highest BCUT2D eigenvalue weighted by atomic mass is 15.0. The van der Waals surface area contributed by atoms with Gasteiger partial charge in [0.05, 0.1) is 0 Å². The van der Waals surface area contributed by atoms with Crippen molar-refractivity contribution in [3.8, 4) is 6.07 Å². The van der Waals surface area contributed by atoms with Crippen molar-refractivity contribution in [2.24, 2.45) is 5.92 Å². The maximum Gasteiger partial charge on any atom is 0.182 e. The highest BCUT2D eigenvalue weighted by Gasteiger charge is 2.22. The first kappa shape index (κ1) is 9.91. The molecule has 78 valence electrons. The van der Waals surface area contributed by atoms with Gasteiger partial charge in [-0.1, -0.05) is 6.92 Å². The lowest BCUT2D eigenvalue weighted by atomic mass is 10.1. The Balaban J connectivity index is 2.08. The Morgan fingerprint density at radius 3 is 2.87 bits per heavy atom. The van der Waals surface area contributed by atoms with Gasteiger partial charge in [0.2, 0.25) is 0 Å². The van der Waals surface area contributed by atoms with Crippen LogP contribution in [0.3, 0.4) is 0 Å². The smallest absolute Gasteiger partial charge is 0.182 e. The van der Waals surface area contributed by atoms with E-state index in [1.807, 2.05) is 6.07 Å². The van der Waals surface area contributed by atoms with Crippen molar-refractivity contribution >= 4 is 5.82 Å². The summed E-state index contributed by atoms with van der Waals surface area (Å²) in [5, 5.41) is 12.1. The van der Waals surface area contributed by atoms with Crippen LogP contribution in [0.25, 0.3) is 0 Å². The van der Waals surface area contributed by atoms with E-state index in [-0.39, 0.29) is 0 Å². The summed E-state index contributed by atoms with van der Waals surface area (Å²) in [6.07, 6.45) is 6.71. The van der Waals surface area contributed by atoms with E-state index in [9.17, 15) is 0 Å². The van der Waals surface area contributed by atoms with Crippen LogP contribution in [0.15, 0.2) is 12.4 Å². The van der Waals surface area contributed by atoms with Crippen molar-refractivity contribution < 1.29 is 0 Å². The number of hydrogen-bond acceptors (Lipinski definition) is 4. The maximum absolute atomic E-state index is 8.85. The van der Waals surface area contributed by atoms with Crippen LogP contribution in [0.4, 0.5) is 5.82 Å². The summed E-state index contributed by atoms with van der Waals surface area (Å²) in [5.41, 5.74) is 0.386. The average molecular weight is 202 g/mol. The first-order chi connectivity index (χ1) is 7.29. The Labute approximate surface area is 89.4 Å². The molecule has 1 aromatic heterocycles. The van der Waals surface area contributed by atoms with Gasteiger partial charge in [-0.15, -0.1) is 0 Å². The third-order valence-electron chi connectivity index (χ3n) is 2.84. The number of nitrogens with one attached hydrogen (secondary N) is 1. The van der Waals surface area contributed by atoms with Gasteiger partial charge in [-0.3, -0.25) is 0 Å². The topological polar surface area (TPSA) is 61.6 Å². The molecular formula is C11H14N4. The van der Waals surface area contributed by atoms with E-state index in [1.165, 1.54) is 6.42 Å². The third kappa shape index (κ3) is 2.24. The number of nitriles is 1. The summed E-state index contributed by atoms with van der Waals surface area (Å²) in [4.78, 5) is 8.11. The fourth-order valence-electron chi connectivity index (χ4n) is 2.06. The summed E-state index contributed by atoms with van der Waals surface area (Å²) in [6, 6.07) is 2.49. The van der Waals surface area contributed by atoms with Crippen LogP contribution >= 0.6 is 0 Å². The second-order valence-corrected chi connectivity index (χ2v) is 4.12. The van der Waals surface area contributed by atoms with Gasteiger partial charge >= 0.3 is 0 Å². The van der Waals surface area contributed by atoms with Crippen LogP contribution in [0, 0.1) is 17.2 Å². The summed E-state index contributed by atoms with van der Waals surface area (Å²) in [5.74, 6) is 1.39. The Kier molecular flexibility index (Phi) is 2.82. The van der Waals surface area contributed by atoms with E-state index >= 15 is 0 Å². The number of aromatic nitrogens is 2. The van der Waals surface area contributed by atoms with Crippen LogP contribution in [-0.4, -0.2) is 16.0 Å². The second kappa shape index (κ2) is 4.26. The van der Waals surface area contributed by atoms with Gasteiger partial charge in [0.25, 0.3) is 0 Å². The summed E-state index contributed by atoms with van der Waals surface area (Å²) < 4.78 is 0. The molecule has 1 aliphatic rings. The minimum absolute atomic E-state index is 0.386. The monoisotopic (exact) mass is 202 g/mol. The van der Waals surface area contributed by atoms with Crippen LogP contribution in [0.2, 0.25) is 0 Å². The van der Waals surface area contributed by atoms with Gasteiger partial charge in [0, 0.05) is 18.4 Å². The van der Waals surface area contributed by atoms with Gasteiger partial charge in [-0.05, 0) is 25.2 Å². The van der Waals surface area contributed by atoms with Crippen LogP contribution in [0.1, 0.15) is 31.9 Å². The van der Waals surface area contributed by atoms with Crippen molar-refractivity contribution in [1.29, 1.82) is 5.26 Å². The SMILES string of the molecule is CC1CCC(Nc2nccnc2C#N)C1. The van der Waals surface area contributed by atoms with Crippen molar-refractivity contribution in [3.05, 3.63) is 18.1 Å². The zero-order chi connectivity index (χ0) is 10.7. The molecule has 2 atom stereocenters. The van der Waals surface area contributed by atoms with E-state index in [1.54, 1.807) is 12.4 Å². The molecule has 0 aliphatic heterocycles. The van der Waals surface area contributed by atoms with E-state index < -0.39 is 0 Å². The molecule has 2 rings (SSSR count). The molecule has 1 heterocycles. The lowest BCUT2D eigenvalue weighted by molar-refractivity contribution is 0.602. The number of anilines is 1. The summed E-state index contributed by atoms with van der Waals surface area (Å²) in [7, 11) is 0. The maximum atomic E-state index is 8.85. The second-order valence-electron chi connectivity index (χ2n) is 4.12. The van der Waals surface area contributed by atoms with Gasteiger partial charge < -0.3 is 5.32 Å². The van der Waals surface area contributed by atoms with Crippen LogP contribution in [-0.2, 0) is 0 Å². The Morgan fingerprint density at radius 1 is 1.40 bits per heavy atom. The quantitative estimate of drug-likeness (QED) is 0.796. The molecule has 1 aliphatic carbocycles. The Morgan fingerprint density at radius 2 is 2.20 bits per heavy atom. The summed E-state index contributed by atoms with van der Waals surface area (Å²) in [6.45, 7) is 2.25. The number of hydrogen-bond donors (Lipinski definition) is 1. The third-order valence-corrected chi connectivity index (χ3v) is 2.84. The predicted octanol–water partition coefficient (Wildman–Crippen LogP) is 1.95. The first-order valence-electron chi connectivity index (χ1n) is 5.27. The molecule has 0 saturated heterocycles. The molecule has 0 bridgehead atoms. The molecule has 4 nitrogen and oxygen atoms in total. The van der Waals surface area contributed by atoms with Gasteiger partial charge in [0.1, 0.15) is 6.07 Å². The molecule has 1 aromatic rings. The van der Waals surface area contributed by atoms with E-state index in [4.69, 9.17) is 5.26 Å². The van der Waals surface area contributed by atoms with Gasteiger partial charge in [-0.25, -0.2) is 9.97 Å². The largest absolute Gasteiger partial charge is 0.365 e. The van der Waals surface area contributed by atoms with Crippen LogP contribution < -0.4 is 5.32 Å². The molecule has 15 heavy (non-hydrogen) atoms. The summed E-state index contributed by atoms with van der Waals surface area (Å²) >= 11 is 0. The Bertz CT molecular complexity index is 382. The molecule has 4 heteroatoms. The normalized spacial score (nSPS) is 24.8. The molecule has 0 aromatic carbocycles. The van der Waals surface area contributed by atoms with Crippen molar-refractivity contribution in [2.75, 3.05) is 5.32 Å². The minimum Gasteiger partial charge on any atom is -0.365 e.